The van der Waals surface area contributed by atoms with Gasteiger partial charge in [-0.25, -0.2) is 18.1 Å². The van der Waals surface area contributed by atoms with E-state index in [0.29, 0.717) is 11.6 Å². The molecule has 1 aliphatic rings. The predicted octanol–water partition coefficient (Wildman–Crippen LogP) is 2.76. The van der Waals surface area contributed by atoms with E-state index >= 15 is 0 Å². The number of anilines is 1. The minimum absolute atomic E-state index is 0.0276. The highest BCUT2D eigenvalue weighted by Gasteiger charge is 2.27. The number of aromatic nitrogens is 1. The first-order valence-corrected chi connectivity index (χ1v) is 9.22. The quantitative estimate of drug-likeness (QED) is 0.847. The van der Waals surface area contributed by atoms with Crippen LogP contribution < -0.4 is 10.0 Å². The van der Waals surface area contributed by atoms with Crippen molar-refractivity contribution in [3.05, 3.63) is 18.3 Å². The second kappa shape index (κ2) is 7.22. The Morgan fingerprint density at radius 3 is 2.90 bits per heavy atom. The van der Waals surface area contributed by atoms with Crippen LogP contribution in [0.15, 0.2) is 23.4 Å². The van der Waals surface area contributed by atoms with E-state index in [2.05, 4.69) is 21.9 Å². The molecule has 118 valence electrons. The van der Waals surface area contributed by atoms with E-state index in [1.54, 1.807) is 12.1 Å². The Labute approximate surface area is 127 Å². The maximum Gasteiger partial charge on any atom is 0.260 e. The van der Waals surface area contributed by atoms with Crippen molar-refractivity contribution in [2.24, 2.45) is 5.92 Å². The lowest BCUT2D eigenvalue weighted by molar-refractivity contribution is 0.327. The molecule has 0 saturated heterocycles. The van der Waals surface area contributed by atoms with Gasteiger partial charge in [0, 0.05) is 18.8 Å². The molecule has 1 saturated carbocycles. The fourth-order valence-corrected chi connectivity index (χ4v) is 4.21. The van der Waals surface area contributed by atoms with Crippen molar-refractivity contribution in [1.82, 2.24) is 9.71 Å². The van der Waals surface area contributed by atoms with Gasteiger partial charge < -0.3 is 5.32 Å². The summed E-state index contributed by atoms with van der Waals surface area (Å²) < 4.78 is 28.0. The Balaban J connectivity index is 2.15. The number of sulfonamides is 1. The highest BCUT2D eigenvalue weighted by atomic mass is 32.2. The van der Waals surface area contributed by atoms with Gasteiger partial charge in [0.05, 0.1) is 5.69 Å². The van der Waals surface area contributed by atoms with Crippen molar-refractivity contribution in [2.45, 2.75) is 57.0 Å². The lowest BCUT2D eigenvalue weighted by Gasteiger charge is -2.27. The number of hydrogen-bond acceptors (Lipinski definition) is 4. The Bertz CT molecular complexity index is 560. The van der Waals surface area contributed by atoms with Gasteiger partial charge in [-0.1, -0.05) is 26.7 Å². The SMILES string of the molecule is CCCNc1cccnc1S(=O)(=O)NC1CCCC(C)C1. The lowest BCUT2D eigenvalue weighted by Crippen LogP contribution is -2.38. The third-order valence-corrected chi connectivity index (χ3v) is 5.33. The van der Waals surface area contributed by atoms with Crippen LogP contribution in [0, 0.1) is 5.92 Å². The van der Waals surface area contributed by atoms with Crippen LogP contribution in [0.25, 0.3) is 0 Å². The number of nitrogens with zero attached hydrogens (tertiary/aromatic N) is 1. The third kappa shape index (κ3) is 4.41. The van der Waals surface area contributed by atoms with Gasteiger partial charge in [0.25, 0.3) is 10.0 Å². The topological polar surface area (TPSA) is 71.1 Å². The standard InChI is InChI=1S/C15H25N3O2S/c1-3-9-16-14-8-5-10-17-15(14)21(19,20)18-13-7-4-6-12(2)11-13/h5,8,10,12-13,16,18H,3-4,6-7,9,11H2,1-2H3. The van der Waals surface area contributed by atoms with Crippen molar-refractivity contribution < 1.29 is 8.42 Å². The second-order valence-electron chi connectivity index (χ2n) is 5.87. The van der Waals surface area contributed by atoms with Crippen LogP contribution >= 0.6 is 0 Å². The number of hydrogen-bond donors (Lipinski definition) is 2. The van der Waals surface area contributed by atoms with Gasteiger partial charge in [-0.05, 0) is 37.3 Å². The monoisotopic (exact) mass is 311 g/mol. The smallest absolute Gasteiger partial charge is 0.260 e. The van der Waals surface area contributed by atoms with Gasteiger partial charge in [-0.3, -0.25) is 0 Å². The lowest BCUT2D eigenvalue weighted by atomic mass is 9.88. The van der Waals surface area contributed by atoms with Crippen LogP contribution in [-0.4, -0.2) is 26.0 Å². The van der Waals surface area contributed by atoms with E-state index < -0.39 is 10.0 Å². The highest BCUT2D eigenvalue weighted by molar-refractivity contribution is 7.89. The first kappa shape index (κ1) is 16.2. The van der Waals surface area contributed by atoms with Crippen LogP contribution in [0.2, 0.25) is 0 Å². The summed E-state index contributed by atoms with van der Waals surface area (Å²) in [6.07, 6.45) is 6.54. The van der Waals surface area contributed by atoms with Gasteiger partial charge in [0.15, 0.2) is 5.03 Å². The molecule has 1 fully saturated rings. The summed E-state index contributed by atoms with van der Waals surface area (Å²) in [7, 11) is -3.57. The first-order valence-electron chi connectivity index (χ1n) is 7.74. The zero-order chi connectivity index (χ0) is 15.3. The molecule has 0 spiro atoms. The Kier molecular flexibility index (Phi) is 5.58. The molecule has 5 nitrogen and oxygen atoms in total. The first-order chi connectivity index (χ1) is 10.0. The highest BCUT2D eigenvalue weighted by Crippen LogP contribution is 2.26. The van der Waals surface area contributed by atoms with Crippen LogP contribution in [0.4, 0.5) is 5.69 Å². The minimum Gasteiger partial charge on any atom is -0.383 e. The van der Waals surface area contributed by atoms with Crippen molar-refractivity contribution in [1.29, 1.82) is 0 Å². The average Bonchev–Trinajstić information content (AvgIpc) is 2.45. The molecule has 0 radical (unpaired) electrons. The maximum absolute atomic E-state index is 12.6. The second-order valence-corrected chi connectivity index (χ2v) is 7.50. The van der Waals surface area contributed by atoms with E-state index in [1.165, 1.54) is 12.6 Å². The van der Waals surface area contributed by atoms with Gasteiger partial charge in [-0.2, -0.15) is 0 Å². The van der Waals surface area contributed by atoms with E-state index in [-0.39, 0.29) is 11.1 Å². The molecule has 1 aliphatic carbocycles. The summed E-state index contributed by atoms with van der Waals surface area (Å²) in [5.74, 6) is 0.577. The molecular weight excluding hydrogens is 286 g/mol. The van der Waals surface area contributed by atoms with Gasteiger partial charge in [-0.15, -0.1) is 0 Å². The van der Waals surface area contributed by atoms with Crippen LogP contribution in [-0.2, 0) is 10.0 Å². The van der Waals surface area contributed by atoms with Crippen LogP contribution in [0.5, 0.6) is 0 Å². The summed E-state index contributed by atoms with van der Waals surface area (Å²) in [6.45, 7) is 4.95. The maximum atomic E-state index is 12.6. The summed E-state index contributed by atoms with van der Waals surface area (Å²) in [4.78, 5) is 4.07. The van der Waals surface area contributed by atoms with Crippen molar-refractivity contribution in [3.63, 3.8) is 0 Å². The van der Waals surface area contributed by atoms with Crippen molar-refractivity contribution in [2.75, 3.05) is 11.9 Å². The van der Waals surface area contributed by atoms with Crippen LogP contribution in [0.3, 0.4) is 0 Å². The summed E-state index contributed by atoms with van der Waals surface area (Å²) in [6, 6.07) is 3.54. The molecule has 1 heterocycles. The molecule has 0 aromatic carbocycles. The summed E-state index contributed by atoms with van der Waals surface area (Å²) >= 11 is 0. The molecule has 6 heteroatoms. The van der Waals surface area contributed by atoms with Crippen molar-refractivity contribution >= 4 is 15.7 Å². The zero-order valence-corrected chi connectivity index (χ0v) is 13.6. The van der Waals surface area contributed by atoms with Crippen LogP contribution in [0.1, 0.15) is 46.0 Å². The van der Waals surface area contributed by atoms with E-state index in [0.717, 1.165) is 32.2 Å². The van der Waals surface area contributed by atoms with E-state index in [4.69, 9.17) is 0 Å². The number of pyridine rings is 1. The molecule has 2 rings (SSSR count). The summed E-state index contributed by atoms with van der Waals surface area (Å²) in [5.41, 5.74) is 0.579. The third-order valence-electron chi connectivity index (χ3n) is 3.85. The fraction of sp³-hybridized carbons (Fsp3) is 0.667. The van der Waals surface area contributed by atoms with Gasteiger partial charge in [0.1, 0.15) is 0 Å². The molecule has 0 amide bonds. The molecule has 0 aliphatic heterocycles. The molecule has 2 N–H and O–H groups in total. The zero-order valence-electron chi connectivity index (χ0n) is 12.8. The number of nitrogens with one attached hydrogen (secondary N) is 2. The summed E-state index contributed by atoms with van der Waals surface area (Å²) in [5, 5.41) is 3.24. The largest absolute Gasteiger partial charge is 0.383 e. The normalized spacial score (nSPS) is 23.0. The Morgan fingerprint density at radius 1 is 1.38 bits per heavy atom. The van der Waals surface area contributed by atoms with Gasteiger partial charge >= 0.3 is 0 Å². The predicted molar refractivity (Wildman–Crippen MR) is 84.8 cm³/mol. The van der Waals surface area contributed by atoms with E-state index in [9.17, 15) is 8.42 Å². The molecule has 2 atom stereocenters. The Morgan fingerprint density at radius 2 is 2.19 bits per heavy atom. The minimum atomic E-state index is -3.57. The fourth-order valence-electron chi connectivity index (χ4n) is 2.82. The Hall–Kier alpha value is -1.14. The molecule has 1 aromatic rings. The molecule has 2 unspecified atom stereocenters. The molecule has 0 bridgehead atoms. The van der Waals surface area contributed by atoms with Gasteiger partial charge in [0.2, 0.25) is 0 Å². The molecule has 21 heavy (non-hydrogen) atoms. The molecular formula is C15H25N3O2S. The molecule has 1 aromatic heterocycles. The average molecular weight is 311 g/mol. The van der Waals surface area contributed by atoms with Crippen molar-refractivity contribution in [3.8, 4) is 0 Å². The number of rotatable bonds is 6. The van der Waals surface area contributed by atoms with E-state index in [1.807, 2.05) is 6.92 Å².